The molecule has 0 aliphatic carbocycles. The highest BCUT2D eigenvalue weighted by atomic mass is 35.5. The van der Waals surface area contributed by atoms with Gasteiger partial charge in [-0.3, -0.25) is 4.79 Å². The molecule has 0 fully saturated rings. The standard InChI is InChI=1S/C22H19Cl2NO3/c1-2-27-16-10-12-18(13-11-16)28-17-8-6-15(7-9-17)25-22(26)14-19-20(23)4-3-5-21(19)24/h3-13H,2,14H2,1H3,(H,25,26). The summed E-state index contributed by atoms with van der Waals surface area (Å²) in [4.78, 5) is 12.3. The zero-order chi connectivity index (χ0) is 19.9. The Hall–Kier alpha value is -2.69. The Morgan fingerprint density at radius 3 is 1.96 bits per heavy atom. The van der Waals surface area contributed by atoms with Crippen LogP contribution in [0.4, 0.5) is 5.69 Å². The molecule has 0 saturated heterocycles. The van der Waals surface area contributed by atoms with Crippen molar-refractivity contribution in [3.63, 3.8) is 0 Å². The van der Waals surface area contributed by atoms with Crippen molar-refractivity contribution in [3.8, 4) is 17.2 Å². The van der Waals surface area contributed by atoms with Crippen molar-refractivity contribution in [3.05, 3.63) is 82.3 Å². The molecule has 0 unspecified atom stereocenters. The predicted molar refractivity (Wildman–Crippen MR) is 113 cm³/mol. The first-order valence-electron chi connectivity index (χ1n) is 8.78. The first-order chi connectivity index (χ1) is 13.5. The van der Waals surface area contributed by atoms with E-state index in [0.717, 1.165) is 5.75 Å². The van der Waals surface area contributed by atoms with Crippen LogP contribution in [0.1, 0.15) is 12.5 Å². The molecule has 0 saturated carbocycles. The lowest BCUT2D eigenvalue weighted by Crippen LogP contribution is -2.14. The Kier molecular flexibility index (Phi) is 6.80. The Balaban J connectivity index is 1.58. The number of rotatable bonds is 7. The van der Waals surface area contributed by atoms with Crippen LogP contribution < -0.4 is 14.8 Å². The summed E-state index contributed by atoms with van der Waals surface area (Å²) in [6.45, 7) is 2.56. The lowest BCUT2D eigenvalue weighted by Gasteiger charge is -2.10. The Bertz CT molecular complexity index is 921. The molecule has 28 heavy (non-hydrogen) atoms. The molecule has 0 atom stereocenters. The van der Waals surface area contributed by atoms with Gasteiger partial charge in [-0.1, -0.05) is 29.3 Å². The fraction of sp³-hybridized carbons (Fsp3) is 0.136. The van der Waals surface area contributed by atoms with E-state index in [1.165, 1.54) is 0 Å². The van der Waals surface area contributed by atoms with E-state index in [4.69, 9.17) is 32.7 Å². The molecule has 0 aliphatic heterocycles. The van der Waals surface area contributed by atoms with Crippen LogP contribution in [0.3, 0.4) is 0 Å². The van der Waals surface area contributed by atoms with Crippen molar-refractivity contribution in [2.45, 2.75) is 13.3 Å². The van der Waals surface area contributed by atoms with Gasteiger partial charge in [-0.05, 0) is 73.2 Å². The first-order valence-corrected chi connectivity index (χ1v) is 9.54. The summed E-state index contributed by atoms with van der Waals surface area (Å²) in [5.41, 5.74) is 1.27. The van der Waals surface area contributed by atoms with E-state index in [0.29, 0.717) is 39.4 Å². The molecule has 6 heteroatoms. The third-order valence-corrected chi connectivity index (χ3v) is 4.62. The van der Waals surface area contributed by atoms with Gasteiger partial charge >= 0.3 is 0 Å². The maximum Gasteiger partial charge on any atom is 0.228 e. The highest BCUT2D eigenvalue weighted by molar-refractivity contribution is 6.36. The molecule has 3 aromatic carbocycles. The molecule has 144 valence electrons. The number of benzene rings is 3. The van der Waals surface area contributed by atoms with Gasteiger partial charge in [0.05, 0.1) is 13.0 Å². The number of carbonyl (C=O) groups excluding carboxylic acids is 1. The highest BCUT2D eigenvalue weighted by Crippen LogP contribution is 2.27. The van der Waals surface area contributed by atoms with E-state index in [1.807, 2.05) is 31.2 Å². The molecular formula is C22H19Cl2NO3. The number of anilines is 1. The van der Waals surface area contributed by atoms with Gasteiger partial charge in [-0.25, -0.2) is 0 Å². The van der Waals surface area contributed by atoms with E-state index in [1.54, 1.807) is 42.5 Å². The van der Waals surface area contributed by atoms with Crippen LogP contribution in [0.25, 0.3) is 0 Å². The monoisotopic (exact) mass is 415 g/mol. The van der Waals surface area contributed by atoms with Gasteiger partial charge in [-0.15, -0.1) is 0 Å². The van der Waals surface area contributed by atoms with Gasteiger partial charge in [0.15, 0.2) is 0 Å². The van der Waals surface area contributed by atoms with Crippen LogP contribution in [-0.2, 0) is 11.2 Å². The molecule has 3 rings (SSSR count). The summed E-state index contributed by atoms with van der Waals surface area (Å²) in [6, 6.07) is 19.7. The number of hydrogen-bond donors (Lipinski definition) is 1. The minimum atomic E-state index is -0.199. The normalized spacial score (nSPS) is 10.4. The van der Waals surface area contributed by atoms with Gasteiger partial charge < -0.3 is 14.8 Å². The summed E-state index contributed by atoms with van der Waals surface area (Å²) in [5.74, 6) is 1.96. The van der Waals surface area contributed by atoms with Gasteiger partial charge in [0.25, 0.3) is 0 Å². The average Bonchev–Trinajstić information content (AvgIpc) is 2.68. The van der Waals surface area contributed by atoms with Gasteiger partial charge in [0, 0.05) is 15.7 Å². The Labute approximate surface area is 174 Å². The van der Waals surface area contributed by atoms with Crippen molar-refractivity contribution < 1.29 is 14.3 Å². The maximum atomic E-state index is 12.3. The number of halogens is 2. The van der Waals surface area contributed by atoms with Crippen molar-refractivity contribution in [1.29, 1.82) is 0 Å². The van der Waals surface area contributed by atoms with Crippen molar-refractivity contribution in [2.24, 2.45) is 0 Å². The molecule has 0 aromatic heterocycles. The SMILES string of the molecule is CCOc1ccc(Oc2ccc(NC(=O)Cc3c(Cl)cccc3Cl)cc2)cc1. The van der Waals surface area contributed by atoms with E-state index in [9.17, 15) is 4.79 Å². The average molecular weight is 416 g/mol. The van der Waals surface area contributed by atoms with E-state index in [2.05, 4.69) is 5.32 Å². The molecule has 4 nitrogen and oxygen atoms in total. The zero-order valence-electron chi connectivity index (χ0n) is 15.2. The van der Waals surface area contributed by atoms with E-state index in [-0.39, 0.29) is 12.3 Å². The lowest BCUT2D eigenvalue weighted by atomic mass is 10.1. The summed E-state index contributed by atoms with van der Waals surface area (Å²) in [5, 5.41) is 3.78. The summed E-state index contributed by atoms with van der Waals surface area (Å²) in [6.07, 6.45) is 0.100. The molecular weight excluding hydrogens is 397 g/mol. The van der Waals surface area contributed by atoms with Crippen LogP contribution in [0.2, 0.25) is 10.0 Å². The van der Waals surface area contributed by atoms with Crippen LogP contribution >= 0.6 is 23.2 Å². The number of nitrogens with one attached hydrogen (secondary N) is 1. The van der Waals surface area contributed by atoms with Crippen LogP contribution in [-0.4, -0.2) is 12.5 Å². The van der Waals surface area contributed by atoms with Gasteiger partial charge in [0.2, 0.25) is 5.91 Å². The molecule has 0 bridgehead atoms. The van der Waals surface area contributed by atoms with Crippen molar-refractivity contribution in [1.82, 2.24) is 0 Å². The topological polar surface area (TPSA) is 47.6 Å². The third kappa shape index (κ3) is 5.41. The molecule has 0 spiro atoms. The fourth-order valence-corrected chi connectivity index (χ4v) is 3.11. The second kappa shape index (κ2) is 9.49. The summed E-state index contributed by atoms with van der Waals surface area (Å²) < 4.78 is 11.2. The number of amides is 1. The van der Waals surface area contributed by atoms with Gasteiger partial charge in [-0.2, -0.15) is 0 Å². The predicted octanol–water partition coefficient (Wildman–Crippen LogP) is 6.37. The van der Waals surface area contributed by atoms with Gasteiger partial charge in [0.1, 0.15) is 17.2 Å². The molecule has 0 heterocycles. The number of ether oxygens (including phenoxy) is 2. The smallest absolute Gasteiger partial charge is 0.228 e. The fourth-order valence-electron chi connectivity index (χ4n) is 2.58. The zero-order valence-corrected chi connectivity index (χ0v) is 16.8. The summed E-state index contributed by atoms with van der Waals surface area (Å²) in [7, 11) is 0. The maximum absolute atomic E-state index is 12.3. The van der Waals surface area contributed by atoms with E-state index < -0.39 is 0 Å². The largest absolute Gasteiger partial charge is 0.494 e. The highest BCUT2D eigenvalue weighted by Gasteiger charge is 2.11. The second-order valence-corrected chi connectivity index (χ2v) is 6.77. The molecule has 3 aromatic rings. The number of hydrogen-bond acceptors (Lipinski definition) is 3. The second-order valence-electron chi connectivity index (χ2n) is 5.96. The third-order valence-electron chi connectivity index (χ3n) is 3.91. The van der Waals surface area contributed by atoms with Crippen LogP contribution in [0, 0.1) is 0 Å². The molecule has 1 N–H and O–H groups in total. The molecule has 0 aliphatic rings. The lowest BCUT2D eigenvalue weighted by molar-refractivity contribution is -0.115. The summed E-state index contributed by atoms with van der Waals surface area (Å²) >= 11 is 12.2. The quantitative estimate of drug-likeness (QED) is 0.487. The Morgan fingerprint density at radius 1 is 0.857 bits per heavy atom. The Morgan fingerprint density at radius 2 is 1.39 bits per heavy atom. The minimum absolute atomic E-state index is 0.100. The van der Waals surface area contributed by atoms with Crippen LogP contribution in [0.5, 0.6) is 17.2 Å². The molecule has 1 amide bonds. The molecule has 0 radical (unpaired) electrons. The van der Waals surface area contributed by atoms with Crippen molar-refractivity contribution >= 4 is 34.8 Å². The van der Waals surface area contributed by atoms with E-state index >= 15 is 0 Å². The first kappa shape index (κ1) is 20.1. The van der Waals surface area contributed by atoms with Crippen LogP contribution in [0.15, 0.2) is 66.7 Å². The van der Waals surface area contributed by atoms with Crippen molar-refractivity contribution in [2.75, 3.05) is 11.9 Å². The minimum Gasteiger partial charge on any atom is -0.494 e. The number of carbonyl (C=O) groups is 1.